The zero-order valence-corrected chi connectivity index (χ0v) is 20.3. The van der Waals surface area contributed by atoms with Crippen molar-refractivity contribution in [2.24, 2.45) is 0 Å². The molecule has 11 nitrogen and oxygen atoms in total. The van der Waals surface area contributed by atoms with Crippen molar-refractivity contribution in [3.05, 3.63) is 30.4 Å². The molecule has 3 aromatic rings. The molecule has 2 aliphatic rings. The Morgan fingerprint density at radius 2 is 1.88 bits per heavy atom. The quantitative estimate of drug-likeness (QED) is 0.512. The number of morpholine rings is 1. The number of nitrogen functional groups attached to an aromatic ring is 1. The van der Waals surface area contributed by atoms with Gasteiger partial charge in [-0.25, -0.2) is 23.8 Å². The van der Waals surface area contributed by atoms with Crippen molar-refractivity contribution in [1.29, 1.82) is 0 Å². The van der Waals surface area contributed by atoms with E-state index < -0.39 is 9.71 Å². The van der Waals surface area contributed by atoms with E-state index in [4.69, 9.17) is 20.6 Å². The Morgan fingerprint density at radius 3 is 2.62 bits per heavy atom. The molecule has 0 bridgehead atoms. The molecule has 12 heteroatoms. The van der Waals surface area contributed by atoms with Gasteiger partial charge in [0.1, 0.15) is 5.52 Å². The lowest BCUT2D eigenvalue weighted by Crippen LogP contribution is -2.37. The summed E-state index contributed by atoms with van der Waals surface area (Å²) in [5.41, 5.74) is 9.13. The molecule has 0 saturated carbocycles. The minimum absolute atomic E-state index is 0.230. The molecule has 0 aliphatic carbocycles. The average Bonchev–Trinajstić information content (AvgIpc) is 3.07. The third-order valence-electron chi connectivity index (χ3n) is 6.24. The van der Waals surface area contributed by atoms with Gasteiger partial charge < -0.3 is 15.4 Å². The number of rotatable bonds is 5. The Morgan fingerprint density at radius 1 is 1.12 bits per heavy atom. The molecule has 0 spiro atoms. The number of hydrogen-bond acceptors (Lipinski definition) is 9. The standard InChI is InChI=1S/C22H31N9O2S/c1-34(2,32)30-5-3-4-28(6-7-30)15-18-12-20-21(29-8-10-33-11-9-29)26-19(16-31(20)27-18)17-13-24-22(23)25-14-17/h12-14,16H,1,3-11,15H2,2H3,(H2,23,24,25). The van der Waals surface area contributed by atoms with Gasteiger partial charge in [0.15, 0.2) is 5.82 Å². The topological polar surface area (TPSA) is 118 Å². The Labute approximate surface area is 199 Å². The van der Waals surface area contributed by atoms with Crippen LogP contribution in [0.3, 0.4) is 0 Å². The van der Waals surface area contributed by atoms with E-state index in [-0.39, 0.29) is 5.95 Å². The van der Waals surface area contributed by atoms with Crippen LogP contribution in [0.25, 0.3) is 16.8 Å². The van der Waals surface area contributed by atoms with Gasteiger partial charge in [-0.15, -0.1) is 0 Å². The number of anilines is 2. The summed E-state index contributed by atoms with van der Waals surface area (Å²) in [4.78, 5) is 17.8. The van der Waals surface area contributed by atoms with E-state index in [1.807, 2.05) is 15.0 Å². The monoisotopic (exact) mass is 485 g/mol. The van der Waals surface area contributed by atoms with E-state index in [1.165, 1.54) is 0 Å². The smallest absolute Gasteiger partial charge is 0.219 e. The first kappa shape index (κ1) is 23.0. The highest BCUT2D eigenvalue weighted by Gasteiger charge is 2.22. The maximum absolute atomic E-state index is 12.4. The minimum atomic E-state index is -2.17. The Kier molecular flexibility index (Phi) is 6.38. The molecule has 2 N–H and O–H groups in total. The second-order valence-corrected chi connectivity index (χ2v) is 11.3. The fraction of sp³-hybridized carbons (Fsp3) is 0.500. The zero-order valence-electron chi connectivity index (χ0n) is 19.5. The number of nitrogens with two attached hydrogens (primary N) is 1. The van der Waals surface area contributed by atoms with Crippen molar-refractivity contribution in [2.75, 3.05) is 69.4 Å². The molecular weight excluding hydrogens is 454 g/mol. The van der Waals surface area contributed by atoms with Crippen molar-refractivity contribution in [2.45, 2.75) is 13.0 Å². The molecule has 1 unspecified atom stereocenters. The summed E-state index contributed by atoms with van der Waals surface area (Å²) in [6.07, 6.45) is 7.95. The highest BCUT2D eigenvalue weighted by atomic mass is 32.2. The number of nitrogens with zero attached hydrogens (tertiary/aromatic N) is 8. The van der Waals surface area contributed by atoms with Gasteiger partial charge in [0.25, 0.3) is 0 Å². The highest BCUT2D eigenvalue weighted by Crippen LogP contribution is 2.26. The summed E-state index contributed by atoms with van der Waals surface area (Å²) < 4.78 is 21.8. The molecule has 2 fully saturated rings. The lowest BCUT2D eigenvalue weighted by atomic mass is 10.2. The van der Waals surface area contributed by atoms with Crippen molar-refractivity contribution < 1.29 is 8.95 Å². The van der Waals surface area contributed by atoms with Crippen molar-refractivity contribution in [3.8, 4) is 11.3 Å². The van der Waals surface area contributed by atoms with Crippen molar-refractivity contribution in [1.82, 2.24) is 33.8 Å². The molecule has 1 atom stereocenters. The van der Waals surface area contributed by atoms with E-state index in [1.54, 1.807) is 18.6 Å². The van der Waals surface area contributed by atoms with Crippen LogP contribution in [0, 0.1) is 0 Å². The van der Waals surface area contributed by atoms with Crippen LogP contribution in [-0.4, -0.2) is 103 Å². The number of ether oxygens (including phenoxy) is 1. The summed E-state index contributed by atoms with van der Waals surface area (Å²) in [6, 6.07) is 2.12. The molecule has 2 saturated heterocycles. The normalized spacial score (nSPS) is 20.3. The van der Waals surface area contributed by atoms with Gasteiger partial charge >= 0.3 is 0 Å². The molecule has 182 valence electrons. The fourth-order valence-corrected chi connectivity index (χ4v) is 5.42. The van der Waals surface area contributed by atoms with Crippen LogP contribution in [0.2, 0.25) is 0 Å². The fourth-order valence-electron chi connectivity index (χ4n) is 4.44. The average molecular weight is 486 g/mol. The first-order valence-electron chi connectivity index (χ1n) is 11.5. The van der Waals surface area contributed by atoms with Gasteiger partial charge in [-0.05, 0) is 24.9 Å². The molecule has 34 heavy (non-hydrogen) atoms. The van der Waals surface area contributed by atoms with Crippen LogP contribution in [0.4, 0.5) is 11.8 Å². The largest absolute Gasteiger partial charge is 0.378 e. The van der Waals surface area contributed by atoms with Gasteiger partial charge in [0.2, 0.25) is 5.95 Å². The summed E-state index contributed by atoms with van der Waals surface area (Å²) >= 11 is 0. The van der Waals surface area contributed by atoms with E-state index in [0.29, 0.717) is 13.2 Å². The number of hydrogen-bond donors (Lipinski definition) is 1. The van der Waals surface area contributed by atoms with Crippen LogP contribution >= 0.6 is 0 Å². The van der Waals surface area contributed by atoms with Gasteiger partial charge in [0, 0.05) is 73.2 Å². The summed E-state index contributed by atoms with van der Waals surface area (Å²) in [7, 11) is -2.17. The Balaban J connectivity index is 1.45. The molecule has 3 aromatic heterocycles. The second kappa shape index (κ2) is 9.45. The van der Waals surface area contributed by atoms with Crippen molar-refractivity contribution >= 4 is 32.9 Å². The summed E-state index contributed by atoms with van der Waals surface area (Å²) in [5.74, 6) is 4.95. The SMILES string of the molecule is C=S(C)(=O)N1CCCN(Cc2cc3c(N4CCOCC4)nc(-c4cnc(N)nc4)cn3n2)CC1. The van der Waals surface area contributed by atoms with Crippen LogP contribution in [0.5, 0.6) is 0 Å². The lowest BCUT2D eigenvalue weighted by Gasteiger charge is -2.28. The summed E-state index contributed by atoms with van der Waals surface area (Å²) in [6.45, 7) is 6.91. The molecule has 0 amide bonds. The number of aromatic nitrogens is 5. The highest BCUT2D eigenvalue weighted by molar-refractivity contribution is 7.97. The van der Waals surface area contributed by atoms with E-state index in [2.05, 4.69) is 31.7 Å². The number of fused-ring (bicyclic) bond motifs is 1. The molecule has 5 heterocycles. The Bertz CT molecular complexity index is 1250. The third-order valence-corrected chi connectivity index (χ3v) is 7.70. The zero-order chi connectivity index (χ0) is 23.7. The first-order valence-corrected chi connectivity index (χ1v) is 13.6. The minimum Gasteiger partial charge on any atom is -0.378 e. The van der Waals surface area contributed by atoms with E-state index >= 15 is 0 Å². The lowest BCUT2D eigenvalue weighted by molar-refractivity contribution is 0.122. The van der Waals surface area contributed by atoms with E-state index in [9.17, 15) is 4.21 Å². The van der Waals surface area contributed by atoms with Gasteiger partial charge in [-0.1, -0.05) is 0 Å². The van der Waals surface area contributed by atoms with Gasteiger partial charge in [-0.2, -0.15) is 5.10 Å². The molecule has 5 rings (SSSR count). The van der Waals surface area contributed by atoms with Gasteiger partial charge in [-0.3, -0.25) is 9.11 Å². The van der Waals surface area contributed by atoms with Crippen LogP contribution in [0.15, 0.2) is 24.7 Å². The molecular formula is C22H31N9O2S. The van der Waals surface area contributed by atoms with Gasteiger partial charge in [0.05, 0.1) is 30.8 Å². The summed E-state index contributed by atoms with van der Waals surface area (Å²) in [5, 5.41) is 4.89. The predicted molar refractivity (Wildman–Crippen MR) is 134 cm³/mol. The maximum atomic E-state index is 12.4. The van der Waals surface area contributed by atoms with Crippen LogP contribution in [0.1, 0.15) is 12.1 Å². The first-order chi connectivity index (χ1) is 16.4. The molecule has 0 aromatic carbocycles. The van der Waals surface area contributed by atoms with Crippen LogP contribution in [-0.2, 0) is 21.0 Å². The third kappa shape index (κ3) is 4.99. The predicted octanol–water partition coefficient (Wildman–Crippen LogP) is 0.374. The maximum Gasteiger partial charge on any atom is 0.219 e. The van der Waals surface area contributed by atoms with Crippen LogP contribution < -0.4 is 10.6 Å². The Hall–Kier alpha value is -2.80. The van der Waals surface area contributed by atoms with E-state index in [0.717, 1.165) is 80.5 Å². The second-order valence-electron chi connectivity index (χ2n) is 8.86. The van der Waals surface area contributed by atoms with Crippen molar-refractivity contribution in [3.63, 3.8) is 0 Å². The molecule has 2 aliphatic heterocycles. The molecule has 0 radical (unpaired) electrons.